The number of amides is 1. The Kier molecular flexibility index (Phi) is 7.18. The van der Waals surface area contributed by atoms with Crippen LogP contribution in [0.5, 0.6) is 0 Å². The summed E-state index contributed by atoms with van der Waals surface area (Å²) in [4.78, 5) is 18.8. The molecule has 0 radical (unpaired) electrons. The predicted octanol–water partition coefficient (Wildman–Crippen LogP) is 5.13. The lowest BCUT2D eigenvalue weighted by Crippen LogP contribution is -2.46. The topological polar surface area (TPSA) is 88.2 Å². The molecular weight excluding hydrogens is 540 g/mol. The molecular formula is C29H30F4N6O2. The molecule has 6 rings (SSSR count). The molecule has 1 saturated heterocycles. The molecule has 41 heavy (non-hydrogen) atoms. The number of carbonyl (C=O) groups excluding carboxylic acids is 1. The number of benzene rings is 2. The van der Waals surface area contributed by atoms with Crippen LogP contribution in [0.25, 0.3) is 22.4 Å². The normalized spacial score (nSPS) is 23.0. The molecule has 1 aliphatic carbocycles. The number of aromatic nitrogens is 3. The molecule has 2 fully saturated rings. The van der Waals surface area contributed by atoms with Crippen LogP contribution in [0.1, 0.15) is 30.2 Å². The monoisotopic (exact) mass is 570 g/mol. The van der Waals surface area contributed by atoms with Crippen molar-refractivity contribution in [3.05, 3.63) is 66.1 Å². The summed E-state index contributed by atoms with van der Waals surface area (Å²) in [6.07, 6.45) is -4.31. The van der Waals surface area contributed by atoms with Gasteiger partial charge in [-0.1, -0.05) is 41.6 Å². The first-order chi connectivity index (χ1) is 19.7. The zero-order valence-electron chi connectivity index (χ0n) is 22.4. The Hall–Kier alpha value is -3.93. The first-order valence-electron chi connectivity index (χ1n) is 13.6. The molecule has 2 aromatic carbocycles. The average Bonchev–Trinajstić information content (AvgIpc) is 3.47. The van der Waals surface area contributed by atoms with Gasteiger partial charge in [-0.2, -0.15) is 18.2 Å². The summed E-state index contributed by atoms with van der Waals surface area (Å²) >= 11 is 0. The number of likely N-dealkylation sites (tertiary alicyclic amines) is 1. The summed E-state index contributed by atoms with van der Waals surface area (Å²) in [5.41, 5.74) is 2.07. The molecule has 0 unspecified atom stereocenters. The van der Waals surface area contributed by atoms with E-state index in [-0.39, 0.29) is 48.2 Å². The molecule has 8 nitrogen and oxygen atoms in total. The van der Waals surface area contributed by atoms with Crippen LogP contribution in [0, 0.1) is 5.92 Å². The van der Waals surface area contributed by atoms with Gasteiger partial charge in [-0.25, -0.2) is 4.39 Å². The van der Waals surface area contributed by atoms with E-state index in [1.165, 1.54) is 0 Å². The van der Waals surface area contributed by atoms with E-state index in [4.69, 9.17) is 4.52 Å². The van der Waals surface area contributed by atoms with Gasteiger partial charge in [-0.3, -0.25) is 4.79 Å². The van der Waals surface area contributed by atoms with E-state index in [1.54, 1.807) is 24.3 Å². The van der Waals surface area contributed by atoms with E-state index in [1.807, 2.05) is 42.3 Å². The molecule has 0 bridgehead atoms. The number of hydrogen-bond donors (Lipinski definition) is 2. The van der Waals surface area contributed by atoms with Crippen molar-refractivity contribution in [1.82, 2.24) is 24.9 Å². The van der Waals surface area contributed by atoms with Crippen molar-refractivity contribution < 1.29 is 26.9 Å². The van der Waals surface area contributed by atoms with Crippen LogP contribution in [-0.2, 0) is 17.9 Å². The number of anilines is 1. The predicted molar refractivity (Wildman–Crippen MR) is 145 cm³/mol. The molecule has 2 aliphatic rings. The highest BCUT2D eigenvalue weighted by atomic mass is 19.4. The van der Waals surface area contributed by atoms with E-state index in [9.17, 15) is 22.4 Å². The van der Waals surface area contributed by atoms with Gasteiger partial charge >= 0.3 is 6.18 Å². The smallest absolute Gasteiger partial charge is 0.379 e. The maximum atomic E-state index is 14.7. The van der Waals surface area contributed by atoms with Gasteiger partial charge < -0.3 is 24.6 Å². The van der Waals surface area contributed by atoms with Crippen LogP contribution in [0.2, 0.25) is 0 Å². The molecule has 12 heteroatoms. The maximum Gasteiger partial charge on any atom is 0.406 e. The molecule has 216 valence electrons. The van der Waals surface area contributed by atoms with Crippen molar-refractivity contribution in [2.75, 3.05) is 25.5 Å². The maximum absolute atomic E-state index is 14.7. The minimum Gasteiger partial charge on any atom is -0.379 e. The van der Waals surface area contributed by atoms with Gasteiger partial charge in [-0.15, -0.1) is 0 Å². The number of nitrogens with zero attached hydrogens (tertiary/aromatic N) is 4. The van der Waals surface area contributed by atoms with Crippen molar-refractivity contribution in [3.8, 4) is 11.5 Å². The van der Waals surface area contributed by atoms with Gasteiger partial charge in [0.05, 0.1) is 23.8 Å². The molecule has 3 heterocycles. The molecule has 2 N–H and O–H groups in total. The Balaban J connectivity index is 1.22. The lowest BCUT2D eigenvalue weighted by atomic mass is 10.0. The van der Waals surface area contributed by atoms with E-state index < -0.39 is 24.9 Å². The Morgan fingerprint density at radius 3 is 2.71 bits per heavy atom. The van der Waals surface area contributed by atoms with Gasteiger partial charge in [0.2, 0.25) is 17.6 Å². The third kappa shape index (κ3) is 5.92. The van der Waals surface area contributed by atoms with Crippen LogP contribution in [-0.4, -0.2) is 64.0 Å². The van der Waals surface area contributed by atoms with Crippen molar-refractivity contribution in [1.29, 1.82) is 0 Å². The van der Waals surface area contributed by atoms with Crippen LogP contribution in [0.15, 0.2) is 59.1 Å². The molecule has 0 spiro atoms. The van der Waals surface area contributed by atoms with Crippen molar-refractivity contribution in [2.45, 2.75) is 50.2 Å². The molecule has 1 saturated carbocycles. The Morgan fingerprint density at radius 2 is 1.95 bits per heavy atom. The second kappa shape index (κ2) is 10.8. The second-order valence-corrected chi connectivity index (χ2v) is 10.9. The van der Waals surface area contributed by atoms with Gasteiger partial charge in [0.15, 0.2) is 0 Å². The fraction of sp³-hybridized carbons (Fsp3) is 0.414. The highest BCUT2D eigenvalue weighted by molar-refractivity contribution is 5.96. The summed E-state index contributed by atoms with van der Waals surface area (Å²) in [6, 6.07) is 15.8. The summed E-state index contributed by atoms with van der Waals surface area (Å²) in [7, 11) is 1.85. The van der Waals surface area contributed by atoms with Gasteiger partial charge in [0.25, 0.3) is 0 Å². The third-order valence-electron chi connectivity index (χ3n) is 7.83. The number of fused-ring (bicyclic) bond motifs is 1. The van der Waals surface area contributed by atoms with Crippen LogP contribution >= 0.6 is 0 Å². The number of rotatable bonds is 8. The largest absolute Gasteiger partial charge is 0.406 e. The minimum absolute atomic E-state index is 0.0307. The summed E-state index contributed by atoms with van der Waals surface area (Å²) in [5.74, 6) is -0.0671. The summed E-state index contributed by atoms with van der Waals surface area (Å²) in [5, 5.41) is 10.4. The number of halogens is 4. The van der Waals surface area contributed by atoms with Crippen molar-refractivity contribution in [2.24, 2.45) is 5.92 Å². The Labute approximate surface area is 233 Å². The number of alkyl halides is 4. The number of piperidine rings is 1. The summed E-state index contributed by atoms with van der Waals surface area (Å²) in [6.45, 7) is -0.309. The van der Waals surface area contributed by atoms with Crippen molar-refractivity contribution >= 4 is 22.5 Å². The average molecular weight is 571 g/mol. The van der Waals surface area contributed by atoms with Crippen LogP contribution in [0.3, 0.4) is 0 Å². The van der Waals surface area contributed by atoms with Gasteiger partial charge in [0.1, 0.15) is 12.7 Å². The highest BCUT2D eigenvalue weighted by Crippen LogP contribution is 2.47. The SMILES string of the molecule is CN1CC[C@@H](Nc2cccc3c2cc(-c2noc(CNC(=O)[C@@H]4C[C@@H]4c4ccccc4)n2)n3CC(F)(F)F)[C@@H](F)C1. The zero-order chi connectivity index (χ0) is 28.7. The number of nitrogens with one attached hydrogen (secondary N) is 2. The molecule has 4 aromatic rings. The first kappa shape index (κ1) is 27.3. The minimum atomic E-state index is -4.51. The fourth-order valence-corrected chi connectivity index (χ4v) is 5.64. The Bertz CT molecular complexity index is 1540. The lowest BCUT2D eigenvalue weighted by molar-refractivity contribution is -0.139. The van der Waals surface area contributed by atoms with Crippen molar-refractivity contribution in [3.63, 3.8) is 0 Å². The van der Waals surface area contributed by atoms with Gasteiger partial charge in [0, 0.05) is 30.1 Å². The summed E-state index contributed by atoms with van der Waals surface area (Å²) < 4.78 is 62.1. The molecule has 1 aliphatic heterocycles. The van der Waals surface area contributed by atoms with Crippen LogP contribution < -0.4 is 10.6 Å². The molecule has 1 amide bonds. The second-order valence-electron chi connectivity index (χ2n) is 10.9. The highest BCUT2D eigenvalue weighted by Gasteiger charge is 2.43. The van der Waals surface area contributed by atoms with E-state index in [0.717, 1.165) is 16.6 Å². The molecule has 4 atom stereocenters. The van der Waals surface area contributed by atoms with E-state index in [0.29, 0.717) is 29.6 Å². The fourth-order valence-electron chi connectivity index (χ4n) is 5.64. The Morgan fingerprint density at radius 1 is 1.15 bits per heavy atom. The zero-order valence-corrected chi connectivity index (χ0v) is 22.4. The third-order valence-corrected chi connectivity index (χ3v) is 7.83. The first-order valence-corrected chi connectivity index (χ1v) is 13.6. The quantitative estimate of drug-likeness (QED) is 0.286. The van der Waals surface area contributed by atoms with Crippen LogP contribution in [0.4, 0.5) is 23.2 Å². The number of hydrogen-bond acceptors (Lipinski definition) is 6. The lowest BCUT2D eigenvalue weighted by Gasteiger charge is -2.33. The molecule has 2 aromatic heterocycles. The standard InChI is InChI=1S/C29H30F4N6O2/c1-38-11-10-23(21(30)15-38)35-22-8-5-9-24-20(22)13-25(39(24)16-29(31,32)33)27-36-26(41-37-27)14-34-28(40)19-12-18(19)17-6-3-2-4-7-17/h2-9,13,18-19,21,23,35H,10-12,14-16H2,1H3,(H,34,40)/t18-,19-,21+,23-/m1/s1. The van der Waals surface area contributed by atoms with Gasteiger partial charge in [-0.05, 0) is 49.6 Å². The van der Waals surface area contributed by atoms with E-state index >= 15 is 0 Å². The number of carbonyl (C=O) groups is 1. The van der Waals surface area contributed by atoms with E-state index in [2.05, 4.69) is 20.8 Å².